The minimum absolute atomic E-state index is 0.146. The van der Waals surface area contributed by atoms with Crippen LogP contribution in [-0.4, -0.2) is 0 Å². The molecule has 1 heteroatoms. The molecule has 0 aliphatic heterocycles. The van der Waals surface area contributed by atoms with E-state index in [1.165, 1.54) is 5.56 Å². The van der Waals surface area contributed by atoms with Crippen LogP contribution in [0.4, 0.5) is 0 Å². The first kappa shape index (κ1) is 14.2. The van der Waals surface area contributed by atoms with Crippen LogP contribution in [0, 0.1) is 0 Å². The highest BCUT2D eigenvalue weighted by molar-refractivity contribution is 5.64. The van der Waals surface area contributed by atoms with E-state index in [0.29, 0.717) is 0 Å². The van der Waals surface area contributed by atoms with Crippen LogP contribution in [0.2, 0.25) is 0 Å². The lowest BCUT2D eigenvalue weighted by Gasteiger charge is -2.16. The summed E-state index contributed by atoms with van der Waals surface area (Å²) < 4.78 is 6.09. The molecule has 22 heavy (non-hydrogen) atoms. The van der Waals surface area contributed by atoms with Gasteiger partial charge in [-0.05, 0) is 34.9 Å². The summed E-state index contributed by atoms with van der Waals surface area (Å²) in [5.74, 6) is 0.843. The summed E-state index contributed by atoms with van der Waals surface area (Å²) in [5, 5.41) is 0. The van der Waals surface area contributed by atoms with Crippen molar-refractivity contribution in [3.05, 3.63) is 103 Å². The zero-order valence-corrected chi connectivity index (χ0v) is 12.4. The summed E-state index contributed by atoms with van der Waals surface area (Å²) in [6, 6.07) is 28.6. The number of hydrogen-bond acceptors (Lipinski definition) is 1. The lowest BCUT2D eigenvalue weighted by atomic mass is 10.1. The maximum absolute atomic E-state index is 6.09. The minimum Gasteiger partial charge on any atom is -0.482 e. The molecule has 0 spiro atoms. The molecule has 0 saturated heterocycles. The van der Waals surface area contributed by atoms with Gasteiger partial charge in [0.2, 0.25) is 0 Å². The van der Waals surface area contributed by atoms with E-state index >= 15 is 0 Å². The summed E-state index contributed by atoms with van der Waals surface area (Å²) in [7, 11) is 0. The Morgan fingerprint density at radius 3 is 2.05 bits per heavy atom. The third-order valence-corrected chi connectivity index (χ3v) is 3.55. The molecule has 0 aliphatic rings. The van der Waals surface area contributed by atoms with Crippen molar-refractivity contribution in [2.75, 3.05) is 0 Å². The van der Waals surface area contributed by atoms with Crippen LogP contribution in [0.15, 0.2) is 97.6 Å². The molecule has 0 aliphatic carbocycles. The van der Waals surface area contributed by atoms with Crippen LogP contribution in [-0.2, 0) is 0 Å². The molecule has 0 saturated carbocycles. The summed E-state index contributed by atoms with van der Waals surface area (Å²) in [6.07, 6.45) is 1.68. The first-order valence-electron chi connectivity index (χ1n) is 7.36. The standard InChI is InChI=1S/C21H18O/c1-2-21(18-12-7-4-8-13-18)22-20-15-9-14-19(16-20)17-10-5-3-6-11-17/h2-16,21H,1H2/t21-/m1/s1. The first-order chi connectivity index (χ1) is 10.9. The third-order valence-electron chi connectivity index (χ3n) is 3.55. The average Bonchev–Trinajstić information content (AvgIpc) is 2.61. The summed E-state index contributed by atoms with van der Waals surface area (Å²) >= 11 is 0. The lowest BCUT2D eigenvalue weighted by Crippen LogP contribution is -2.04. The second-order valence-electron chi connectivity index (χ2n) is 5.08. The Hall–Kier alpha value is -2.80. The Labute approximate surface area is 131 Å². The smallest absolute Gasteiger partial charge is 0.142 e. The van der Waals surface area contributed by atoms with Crippen LogP contribution >= 0.6 is 0 Å². The monoisotopic (exact) mass is 286 g/mol. The Morgan fingerprint density at radius 1 is 0.727 bits per heavy atom. The zero-order chi connectivity index (χ0) is 15.2. The van der Waals surface area contributed by atoms with Crippen molar-refractivity contribution in [2.24, 2.45) is 0 Å². The molecular weight excluding hydrogens is 268 g/mol. The van der Waals surface area contributed by atoms with Crippen LogP contribution in [0.1, 0.15) is 11.7 Å². The van der Waals surface area contributed by atoms with Crippen molar-refractivity contribution in [1.82, 2.24) is 0 Å². The predicted molar refractivity (Wildman–Crippen MR) is 91.9 cm³/mol. The van der Waals surface area contributed by atoms with Gasteiger partial charge in [-0.2, -0.15) is 0 Å². The SMILES string of the molecule is C=C[C@@H](Oc1cccc(-c2ccccc2)c1)c1ccccc1. The van der Waals surface area contributed by atoms with Crippen LogP contribution in [0.3, 0.4) is 0 Å². The fraction of sp³-hybridized carbons (Fsp3) is 0.0476. The highest BCUT2D eigenvalue weighted by Crippen LogP contribution is 2.27. The number of ether oxygens (including phenoxy) is 1. The van der Waals surface area contributed by atoms with Crippen molar-refractivity contribution < 1.29 is 4.74 Å². The molecule has 0 heterocycles. The molecular formula is C21H18O. The molecule has 3 rings (SSSR count). The molecule has 0 fully saturated rings. The highest BCUT2D eigenvalue weighted by atomic mass is 16.5. The Bertz CT molecular complexity index is 732. The van der Waals surface area contributed by atoms with Gasteiger partial charge in [-0.3, -0.25) is 0 Å². The molecule has 3 aromatic rings. The number of benzene rings is 3. The molecule has 3 aromatic carbocycles. The van der Waals surface area contributed by atoms with Crippen LogP contribution in [0.5, 0.6) is 5.75 Å². The predicted octanol–water partition coefficient (Wildman–Crippen LogP) is 5.66. The fourth-order valence-electron chi connectivity index (χ4n) is 2.42. The molecule has 0 amide bonds. The molecule has 0 radical (unpaired) electrons. The second kappa shape index (κ2) is 6.77. The van der Waals surface area contributed by atoms with E-state index in [4.69, 9.17) is 4.74 Å². The van der Waals surface area contributed by atoms with Crippen molar-refractivity contribution in [3.63, 3.8) is 0 Å². The van der Waals surface area contributed by atoms with Crippen LogP contribution < -0.4 is 4.74 Å². The van der Waals surface area contributed by atoms with Crippen molar-refractivity contribution in [3.8, 4) is 16.9 Å². The molecule has 1 atom stereocenters. The third kappa shape index (κ3) is 3.26. The quantitative estimate of drug-likeness (QED) is 0.550. The number of hydrogen-bond donors (Lipinski definition) is 0. The Kier molecular flexibility index (Phi) is 4.35. The van der Waals surface area contributed by atoms with Gasteiger partial charge in [0.15, 0.2) is 0 Å². The van der Waals surface area contributed by atoms with E-state index in [-0.39, 0.29) is 6.10 Å². The highest BCUT2D eigenvalue weighted by Gasteiger charge is 2.09. The first-order valence-corrected chi connectivity index (χ1v) is 7.36. The summed E-state index contributed by atoms with van der Waals surface area (Å²) in [5.41, 5.74) is 3.43. The maximum Gasteiger partial charge on any atom is 0.142 e. The Balaban J connectivity index is 1.85. The Morgan fingerprint density at radius 2 is 1.36 bits per heavy atom. The topological polar surface area (TPSA) is 9.23 Å². The number of rotatable bonds is 5. The molecule has 108 valence electrons. The molecule has 0 N–H and O–H groups in total. The van der Waals surface area contributed by atoms with E-state index in [2.05, 4.69) is 30.8 Å². The summed E-state index contributed by atoms with van der Waals surface area (Å²) in [4.78, 5) is 0. The maximum atomic E-state index is 6.09. The van der Waals surface area contributed by atoms with E-state index in [1.54, 1.807) is 0 Å². The second-order valence-corrected chi connectivity index (χ2v) is 5.08. The van der Waals surface area contributed by atoms with Crippen molar-refractivity contribution in [1.29, 1.82) is 0 Å². The molecule has 0 bridgehead atoms. The van der Waals surface area contributed by atoms with Gasteiger partial charge >= 0.3 is 0 Å². The van der Waals surface area contributed by atoms with Crippen molar-refractivity contribution in [2.45, 2.75) is 6.10 Å². The van der Waals surface area contributed by atoms with Gasteiger partial charge in [0.1, 0.15) is 11.9 Å². The van der Waals surface area contributed by atoms with Gasteiger partial charge in [0, 0.05) is 0 Å². The summed E-state index contributed by atoms with van der Waals surface area (Å²) in [6.45, 7) is 3.89. The van der Waals surface area contributed by atoms with Gasteiger partial charge < -0.3 is 4.74 Å². The van der Waals surface area contributed by atoms with Gasteiger partial charge in [-0.15, -0.1) is 0 Å². The largest absolute Gasteiger partial charge is 0.482 e. The molecule has 1 nitrogen and oxygen atoms in total. The van der Waals surface area contributed by atoms with Crippen LogP contribution in [0.25, 0.3) is 11.1 Å². The molecule has 0 aromatic heterocycles. The molecule has 0 unspecified atom stereocenters. The van der Waals surface area contributed by atoms with Gasteiger partial charge in [0.25, 0.3) is 0 Å². The fourth-order valence-corrected chi connectivity index (χ4v) is 2.42. The average molecular weight is 286 g/mol. The van der Waals surface area contributed by atoms with E-state index < -0.39 is 0 Å². The van der Waals surface area contributed by atoms with E-state index in [9.17, 15) is 0 Å². The lowest BCUT2D eigenvalue weighted by molar-refractivity contribution is 0.256. The van der Waals surface area contributed by atoms with Gasteiger partial charge in [-0.25, -0.2) is 0 Å². The minimum atomic E-state index is -0.146. The van der Waals surface area contributed by atoms with E-state index in [0.717, 1.165) is 16.9 Å². The normalized spacial score (nSPS) is 11.6. The van der Waals surface area contributed by atoms with E-state index in [1.807, 2.05) is 66.7 Å². The van der Waals surface area contributed by atoms with Gasteiger partial charge in [-0.1, -0.05) is 79.4 Å². The van der Waals surface area contributed by atoms with Gasteiger partial charge in [0.05, 0.1) is 0 Å². The zero-order valence-electron chi connectivity index (χ0n) is 12.4. The van der Waals surface area contributed by atoms with Crippen molar-refractivity contribution >= 4 is 0 Å².